The van der Waals surface area contributed by atoms with Gasteiger partial charge in [0.1, 0.15) is 0 Å². The maximum Gasteiger partial charge on any atom is 0.266 e. The van der Waals surface area contributed by atoms with Crippen LogP contribution in [0.1, 0.15) is 17.5 Å². The van der Waals surface area contributed by atoms with E-state index in [1.807, 2.05) is 34.0 Å². The van der Waals surface area contributed by atoms with Gasteiger partial charge in [0.05, 0.1) is 10.2 Å². The molecule has 0 aliphatic rings. The third-order valence-electron chi connectivity index (χ3n) is 4.64. The summed E-state index contributed by atoms with van der Waals surface area (Å²) in [5.41, 5.74) is 3.14. The number of rotatable bonds is 8. The van der Waals surface area contributed by atoms with E-state index in [9.17, 15) is 9.18 Å². The number of amides is 1. The van der Waals surface area contributed by atoms with Crippen LogP contribution in [0.5, 0.6) is 5.75 Å². The molecule has 1 amide bonds. The van der Waals surface area contributed by atoms with Crippen LogP contribution in [-0.2, 0) is 4.79 Å². The van der Waals surface area contributed by atoms with Crippen molar-refractivity contribution in [3.05, 3.63) is 53.3 Å². The first-order valence-electron chi connectivity index (χ1n) is 9.56. The van der Waals surface area contributed by atoms with Gasteiger partial charge in [-0.1, -0.05) is 35.6 Å². The van der Waals surface area contributed by atoms with Crippen LogP contribution >= 0.6 is 23.7 Å². The highest BCUT2D eigenvalue weighted by Gasteiger charge is 2.21. The van der Waals surface area contributed by atoms with Crippen molar-refractivity contribution in [2.75, 3.05) is 38.7 Å². The second-order valence-corrected chi connectivity index (χ2v) is 8.27. The molecular formula is C22H27ClFN3O2S. The minimum atomic E-state index is -0.481. The molecule has 8 heteroatoms. The molecule has 0 unspecified atom stereocenters. The number of thiazole rings is 1. The summed E-state index contributed by atoms with van der Waals surface area (Å²) in [6, 6.07) is 10.2. The molecule has 0 atom stereocenters. The summed E-state index contributed by atoms with van der Waals surface area (Å²) in [6.45, 7) is 5.20. The summed E-state index contributed by atoms with van der Waals surface area (Å²) in [4.78, 5) is 21.5. The molecule has 1 heterocycles. The molecule has 0 N–H and O–H groups in total. The lowest BCUT2D eigenvalue weighted by atomic mass is 10.1. The Morgan fingerprint density at radius 3 is 2.47 bits per heavy atom. The van der Waals surface area contributed by atoms with Gasteiger partial charge in [-0.2, -0.15) is 0 Å². The van der Waals surface area contributed by atoms with Crippen LogP contribution < -0.4 is 9.64 Å². The lowest BCUT2D eigenvalue weighted by Gasteiger charge is -2.21. The second-order valence-electron chi connectivity index (χ2n) is 7.29. The Bertz CT molecular complexity index is 970. The smallest absolute Gasteiger partial charge is 0.266 e. The molecule has 1 aromatic heterocycles. The number of hydrogen-bond acceptors (Lipinski definition) is 5. The van der Waals surface area contributed by atoms with Crippen molar-refractivity contribution in [3.8, 4) is 5.75 Å². The highest BCUT2D eigenvalue weighted by molar-refractivity contribution is 7.22. The van der Waals surface area contributed by atoms with E-state index in [-0.39, 0.29) is 30.7 Å². The largest absolute Gasteiger partial charge is 0.481 e. The number of halogens is 2. The van der Waals surface area contributed by atoms with Gasteiger partial charge in [-0.05, 0) is 64.2 Å². The SMILES string of the molecule is Cc1ccc(C)c2sc(N(CCCN(C)C)C(=O)COc3ccccc3F)nc12.Cl. The number of aryl methyl sites for hydroxylation is 2. The molecule has 0 radical (unpaired) electrons. The molecule has 5 nitrogen and oxygen atoms in total. The predicted octanol–water partition coefficient (Wildman–Crippen LogP) is 4.84. The van der Waals surface area contributed by atoms with Crippen molar-refractivity contribution < 1.29 is 13.9 Å². The minimum absolute atomic E-state index is 0. The zero-order valence-electron chi connectivity index (χ0n) is 17.6. The summed E-state index contributed by atoms with van der Waals surface area (Å²) in [6.07, 6.45) is 0.798. The van der Waals surface area contributed by atoms with E-state index in [2.05, 4.69) is 11.0 Å². The maximum absolute atomic E-state index is 13.8. The van der Waals surface area contributed by atoms with E-state index in [1.54, 1.807) is 17.0 Å². The normalized spacial score (nSPS) is 10.9. The molecule has 3 rings (SSSR count). The topological polar surface area (TPSA) is 45.7 Å². The quantitative estimate of drug-likeness (QED) is 0.491. The van der Waals surface area contributed by atoms with Gasteiger partial charge in [0, 0.05) is 6.54 Å². The summed E-state index contributed by atoms with van der Waals surface area (Å²) >= 11 is 1.51. The number of hydrogen-bond donors (Lipinski definition) is 0. The Balaban J connectivity index is 0.00000320. The van der Waals surface area contributed by atoms with E-state index < -0.39 is 5.82 Å². The zero-order valence-corrected chi connectivity index (χ0v) is 19.3. The van der Waals surface area contributed by atoms with E-state index in [1.165, 1.54) is 23.5 Å². The molecule has 0 spiro atoms. The number of anilines is 1. The fourth-order valence-corrected chi connectivity index (χ4v) is 4.17. The lowest BCUT2D eigenvalue weighted by Crippen LogP contribution is -2.37. The molecule has 0 bridgehead atoms. The van der Waals surface area contributed by atoms with Crippen LogP contribution in [0.2, 0.25) is 0 Å². The molecule has 0 aliphatic heterocycles. The Labute approximate surface area is 186 Å². The molecular weight excluding hydrogens is 425 g/mol. The van der Waals surface area contributed by atoms with E-state index in [0.29, 0.717) is 11.7 Å². The minimum Gasteiger partial charge on any atom is -0.481 e. The molecule has 0 aliphatic carbocycles. The van der Waals surface area contributed by atoms with E-state index in [4.69, 9.17) is 9.72 Å². The van der Waals surface area contributed by atoms with E-state index in [0.717, 1.165) is 34.3 Å². The number of carbonyl (C=O) groups excluding carboxylic acids is 1. The van der Waals surface area contributed by atoms with Gasteiger partial charge < -0.3 is 9.64 Å². The monoisotopic (exact) mass is 451 g/mol. The molecule has 162 valence electrons. The number of aromatic nitrogens is 1. The standard InChI is InChI=1S/C22H26FN3O2S.ClH/c1-15-10-11-16(2)21-20(15)24-22(29-21)26(13-7-12-25(3)4)19(27)14-28-18-9-6-5-8-17(18)23;/h5-6,8-11H,7,12-14H2,1-4H3;1H. The van der Waals surface area contributed by atoms with Crippen LogP contribution in [-0.4, -0.2) is 49.6 Å². The molecule has 0 saturated heterocycles. The molecule has 0 saturated carbocycles. The molecule has 3 aromatic rings. The number of carbonyl (C=O) groups is 1. The Hall–Kier alpha value is -2.22. The summed E-state index contributed by atoms with van der Waals surface area (Å²) in [7, 11) is 4.00. The van der Waals surface area contributed by atoms with Crippen LogP contribution in [0.3, 0.4) is 0 Å². The van der Waals surface area contributed by atoms with Crippen LogP contribution in [0, 0.1) is 19.7 Å². The van der Waals surface area contributed by atoms with Gasteiger partial charge in [-0.25, -0.2) is 9.37 Å². The first-order valence-corrected chi connectivity index (χ1v) is 10.4. The fourth-order valence-electron chi connectivity index (χ4n) is 3.01. The number of nitrogens with zero attached hydrogens (tertiary/aromatic N) is 3. The Kier molecular flexibility index (Phi) is 8.58. The van der Waals surface area contributed by atoms with Crippen LogP contribution in [0.25, 0.3) is 10.2 Å². The summed E-state index contributed by atoms with van der Waals surface area (Å²) in [5.74, 6) is -0.642. The maximum atomic E-state index is 13.8. The average Bonchev–Trinajstić information content (AvgIpc) is 3.13. The van der Waals surface area contributed by atoms with Crippen molar-refractivity contribution >= 4 is 45.0 Å². The lowest BCUT2D eigenvalue weighted by molar-refractivity contribution is -0.120. The third kappa shape index (κ3) is 5.68. The van der Waals surface area contributed by atoms with Gasteiger partial charge in [-0.15, -0.1) is 12.4 Å². The number of para-hydroxylation sites is 1. The summed E-state index contributed by atoms with van der Waals surface area (Å²) in [5, 5.41) is 0.651. The van der Waals surface area contributed by atoms with Gasteiger partial charge in [0.2, 0.25) is 0 Å². The Morgan fingerprint density at radius 1 is 1.10 bits per heavy atom. The molecule has 2 aromatic carbocycles. The van der Waals surface area contributed by atoms with Crippen molar-refractivity contribution in [2.45, 2.75) is 20.3 Å². The first kappa shape index (κ1) is 24.1. The Morgan fingerprint density at radius 2 is 1.80 bits per heavy atom. The van der Waals surface area contributed by atoms with Crippen LogP contribution in [0.4, 0.5) is 9.52 Å². The van der Waals surface area contributed by atoms with Crippen molar-refractivity contribution in [1.29, 1.82) is 0 Å². The fraction of sp³-hybridized carbons (Fsp3) is 0.364. The highest BCUT2D eigenvalue weighted by atomic mass is 35.5. The molecule has 30 heavy (non-hydrogen) atoms. The van der Waals surface area contributed by atoms with Crippen LogP contribution in [0.15, 0.2) is 36.4 Å². The van der Waals surface area contributed by atoms with Crippen molar-refractivity contribution in [1.82, 2.24) is 9.88 Å². The van der Waals surface area contributed by atoms with Gasteiger partial charge in [-0.3, -0.25) is 9.69 Å². The highest BCUT2D eigenvalue weighted by Crippen LogP contribution is 2.33. The predicted molar refractivity (Wildman–Crippen MR) is 124 cm³/mol. The number of benzene rings is 2. The third-order valence-corrected chi connectivity index (χ3v) is 5.85. The van der Waals surface area contributed by atoms with Gasteiger partial charge in [0.25, 0.3) is 5.91 Å². The number of fused-ring (bicyclic) bond motifs is 1. The van der Waals surface area contributed by atoms with Crippen molar-refractivity contribution in [3.63, 3.8) is 0 Å². The van der Waals surface area contributed by atoms with Crippen molar-refractivity contribution in [2.24, 2.45) is 0 Å². The second kappa shape index (κ2) is 10.7. The van der Waals surface area contributed by atoms with E-state index >= 15 is 0 Å². The zero-order chi connectivity index (χ0) is 21.0. The number of ether oxygens (including phenoxy) is 1. The average molecular weight is 452 g/mol. The van der Waals surface area contributed by atoms with Gasteiger partial charge >= 0.3 is 0 Å². The molecule has 0 fully saturated rings. The first-order chi connectivity index (χ1) is 13.9. The summed E-state index contributed by atoms with van der Waals surface area (Å²) < 4.78 is 20.4. The van der Waals surface area contributed by atoms with Gasteiger partial charge in [0.15, 0.2) is 23.3 Å².